The van der Waals surface area contributed by atoms with Crippen molar-refractivity contribution in [2.24, 2.45) is 0 Å². The predicted octanol–water partition coefficient (Wildman–Crippen LogP) is 1.76. The van der Waals surface area contributed by atoms with Crippen LogP contribution in [-0.4, -0.2) is 6.41 Å². The van der Waals surface area contributed by atoms with Crippen molar-refractivity contribution in [2.45, 2.75) is 19.4 Å². The van der Waals surface area contributed by atoms with E-state index in [0.717, 1.165) is 12.0 Å². The van der Waals surface area contributed by atoms with Gasteiger partial charge in [0, 0.05) is 0 Å². The summed E-state index contributed by atoms with van der Waals surface area (Å²) in [4.78, 5) is 10.3. The van der Waals surface area contributed by atoms with E-state index in [1.807, 2.05) is 19.1 Å². The van der Waals surface area contributed by atoms with Crippen molar-refractivity contribution in [3.8, 4) is 6.07 Å². The van der Waals surface area contributed by atoms with E-state index in [4.69, 9.17) is 5.26 Å². The number of nitriles is 1. The van der Waals surface area contributed by atoms with Crippen molar-refractivity contribution in [1.29, 1.82) is 5.26 Å². The van der Waals surface area contributed by atoms with Crippen LogP contribution in [0, 0.1) is 11.3 Å². The van der Waals surface area contributed by atoms with Crippen molar-refractivity contribution < 1.29 is 4.79 Å². The quantitative estimate of drug-likeness (QED) is 0.732. The summed E-state index contributed by atoms with van der Waals surface area (Å²) in [5, 5.41) is 11.3. The van der Waals surface area contributed by atoms with Gasteiger partial charge in [0.2, 0.25) is 6.41 Å². The molecule has 0 radical (unpaired) electrons. The Labute approximate surface area is 83.4 Å². The molecule has 0 heterocycles. The average molecular weight is 188 g/mol. The zero-order chi connectivity index (χ0) is 10.4. The summed E-state index contributed by atoms with van der Waals surface area (Å²) in [5.41, 5.74) is 1.66. The Bertz CT molecular complexity index is 337. The van der Waals surface area contributed by atoms with Gasteiger partial charge in [-0.15, -0.1) is 0 Å². The molecule has 0 aliphatic heterocycles. The third kappa shape index (κ3) is 2.33. The molecule has 0 aliphatic carbocycles. The van der Waals surface area contributed by atoms with Gasteiger partial charge in [-0.05, 0) is 24.1 Å². The maximum Gasteiger partial charge on any atom is 0.207 e. The van der Waals surface area contributed by atoms with E-state index in [9.17, 15) is 4.79 Å². The predicted molar refractivity (Wildman–Crippen MR) is 53.4 cm³/mol. The molecule has 1 amide bonds. The third-order valence-corrected chi connectivity index (χ3v) is 2.12. The summed E-state index contributed by atoms with van der Waals surface area (Å²) >= 11 is 0. The zero-order valence-corrected chi connectivity index (χ0v) is 8.03. The number of benzene rings is 1. The van der Waals surface area contributed by atoms with Gasteiger partial charge in [0.1, 0.15) is 0 Å². The van der Waals surface area contributed by atoms with Crippen LogP contribution in [0.1, 0.15) is 30.5 Å². The van der Waals surface area contributed by atoms with Gasteiger partial charge < -0.3 is 5.32 Å². The summed E-state index contributed by atoms with van der Waals surface area (Å²) in [5.74, 6) is 0. The Morgan fingerprint density at radius 3 is 2.57 bits per heavy atom. The lowest BCUT2D eigenvalue weighted by atomic mass is 10.0. The standard InChI is InChI=1S/C11H12N2O/c1-2-11(13-8-14)10-5-3-9(7-12)4-6-10/h3-6,8,11H,2H2,1H3,(H,13,14)/t11-/m1/s1. The van der Waals surface area contributed by atoms with Crippen molar-refractivity contribution in [3.63, 3.8) is 0 Å². The number of nitrogens with one attached hydrogen (secondary N) is 1. The minimum Gasteiger partial charge on any atom is -0.352 e. The number of amides is 1. The van der Waals surface area contributed by atoms with Gasteiger partial charge in [0.25, 0.3) is 0 Å². The molecular weight excluding hydrogens is 176 g/mol. The number of rotatable bonds is 4. The molecule has 1 N–H and O–H groups in total. The van der Waals surface area contributed by atoms with E-state index in [1.54, 1.807) is 12.1 Å². The summed E-state index contributed by atoms with van der Waals surface area (Å²) in [6, 6.07) is 9.33. The maximum absolute atomic E-state index is 10.3. The highest BCUT2D eigenvalue weighted by Crippen LogP contribution is 2.16. The van der Waals surface area contributed by atoms with Crippen LogP contribution in [-0.2, 0) is 4.79 Å². The molecule has 3 nitrogen and oxygen atoms in total. The van der Waals surface area contributed by atoms with Gasteiger partial charge in [0.05, 0.1) is 17.7 Å². The van der Waals surface area contributed by atoms with Crippen LogP contribution in [0.3, 0.4) is 0 Å². The van der Waals surface area contributed by atoms with Gasteiger partial charge in [-0.25, -0.2) is 0 Å². The van der Waals surface area contributed by atoms with Gasteiger partial charge in [0.15, 0.2) is 0 Å². The normalized spacial score (nSPS) is 11.4. The van der Waals surface area contributed by atoms with Crippen LogP contribution in [0.5, 0.6) is 0 Å². The Morgan fingerprint density at radius 1 is 1.50 bits per heavy atom. The maximum atomic E-state index is 10.3. The first kappa shape index (κ1) is 10.3. The second-order valence-corrected chi connectivity index (χ2v) is 2.98. The molecule has 72 valence electrons. The molecular formula is C11H12N2O. The summed E-state index contributed by atoms with van der Waals surface area (Å²) in [7, 11) is 0. The highest BCUT2D eigenvalue weighted by Gasteiger charge is 2.06. The van der Waals surface area contributed by atoms with E-state index in [-0.39, 0.29) is 6.04 Å². The number of carbonyl (C=O) groups excluding carboxylic acids is 1. The SMILES string of the molecule is CC[C@@H](NC=O)c1ccc(C#N)cc1. The Hall–Kier alpha value is -1.82. The van der Waals surface area contributed by atoms with Crippen LogP contribution in [0.15, 0.2) is 24.3 Å². The Morgan fingerprint density at radius 2 is 2.14 bits per heavy atom. The monoisotopic (exact) mass is 188 g/mol. The van der Waals surface area contributed by atoms with Crippen LogP contribution in [0.25, 0.3) is 0 Å². The minimum absolute atomic E-state index is 0.0419. The Balaban J connectivity index is 2.84. The fourth-order valence-corrected chi connectivity index (χ4v) is 1.32. The molecule has 1 aromatic rings. The summed E-state index contributed by atoms with van der Waals surface area (Å²) in [6.45, 7) is 2.00. The molecule has 1 aromatic carbocycles. The second-order valence-electron chi connectivity index (χ2n) is 2.98. The van der Waals surface area contributed by atoms with Crippen LogP contribution in [0.2, 0.25) is 0 Å². The van der Waals surface area contributed by atoms with Gasteiger partial charge >= 0.3 is 0 Å². The molecule has 0 unspecified atom stereocenters. The fraction of sp³-hybridized carbons (Fsp3) is 0.273. The average Bonchev–Trinajstić information content (AvgIpc) is 2.26. The molecule has 0 spiro atoms. The summed E-state index contributed by atoms with van der Waals surface area (Å²) in [6.07, 6.45) is 1.54. The molecule has 14 heavy (non-hydrogen) atoms. The third-order valence-electron chi connectivity index (χ3n) is 2.12. The minimum atomic E-state index is 0.0419. The van der Waals surface area contributed by atoms with Crippen molar-refractivity contribution in [2.75, 3.05) is 0 Å². The second kappa shape index (κ2) is 5.03. The van der Waals surface area contributed by atoms with Crippen LogP contribution in [0.4, 0.5) is 0 Å². The number of nitrogens with zero attached hydrogens (tertiary/aromatic N) is 1. The van der Waals surface area contributed by atoms with E-state index < -0.39 is 0 Å². The van der Waals surface area contributed by atoms with Crippen molar-refractivity contribution in [3.05, 3.63) is 35.4 Å². The molecule has 0 aromatic heterocycles. The molecule has 1 rings (SSSR count). The lowest BCUT2D eigenvalue weighted by Gasteiger charge is -2.13. The highest BCUT2D eigenvalue weighted by atomic mass is 16.1. The van der Waals surface area contributed by atoms with E-state index in [2.05, 4.69) is 11.4 Å². The van der Waals surface area contributed by atoms with Gasteiger partial charge in [-0.3, -0.25) is 4.79 Å². The first-order valence-electron chi connectivity index (χ1n) is 4.51. The first-order valence-corrected chi connectivity index (χ1v) is 4.51. The Kier molecular flexibility index (Phi) is 3.69. The lowest BCUT2D eigenvalue weighted by Crippen LogP contribution is -2.18. The molecule has 0 bridgehead atoms. The number of hydrogen-bond acceptors (Lipinski definition) is 2. The van der Waals surface area contributed by atoms with E-state index in [0.29, 0.717) is 12.0 Å². The van der Waals surface area contributed by atoms with Gasteiger partial charge in [-0.1, -0.05) is 19.1 Å². The molecule has 1 atom stereocenters. The molecule has 0 saturated carbocycles. The number of hydrogen-bond donors (Lipinski definition) is 1. The fourth-order valence-electron chi connectivity index (χ4n) is 1.32. The topological polar surface area (TPSA) is 52.9 Å². The number of carbonyl (C=O) groups is 1. The zero-order valence-electron chi connectivity index (χ0n) is 8.03. The van der Waals surface area contributed by atoms with Gasteiger partial charge in [-0.2, -0.15) is 5.26 Å². The lowest BCUT2D eigenvalue weighted by molar-refractivity contribution is -0.110. The van der Waals surface area contributed by atoms with E-state index in [1.165, 1.54) is 0 Å². The summed E-state index contributed by atoms with van der Waals surface area (Å²) < 4.78 is 0. The van der Waals surface area contributed by atoms with Crippen LogP contribution < -0.4 is 5.32 Å². The molecule has 3 heteroatoms. The largest absolute Gasteiger partial charge is 0.352 e. The molecule has 0 aliphatic rings. The first-order chi connectivity index (χ1) is 6.81. The van der Waals surface area contributed by atoms with E-state index >= 15 is 0 Å². The molecule has 0 fully saturated rings. The highest BCUT2D eigenvalue weighted by molar-refractivity contribution is 5.48. The van der Waals surface area contributed by atoms with Crippen molar-refractivity contribution >= 4 is 6.41 Å². The smallest absolute Gasteiger partial charge is 0.207 e. The molecule has 0 saturated heterocycles. The van der Waals surface area contributed by atoms with Crippen molar-refractivity contribution in [1.82, 2.24) is 5.32 Å². The van der Waals surface area contributed by atoms with Crippen LogP contribution >= 0.6 is 0 Å².